The fraction of sp³-hybridized carbons (Fsp3) is 0.818. The van der Waals surface area contributed by atoms with E-state index in [4.69, 9.17) is 9.84 Å². The molecule has 7 nitrogen and oxygen atoms in total. The van der Waals surface area contributed by atoms with Crippen molar-refractivity contribution >= 4 is 11.9 Å². The van der Waals surface area contributed by atoms with Crippen LogP contribution in [0.2, 0.25) is 0 Å². The van der Waals surface area contributed by atoms with Gasteiger partial charge >= 0.3 is 6.03 Å². The second-order valence-corrected chi connectivity index (χ2v) is 4.85. The number of urea groups is 1. The van der Waals surface area contributed by atoms with Crippen molar-refractivity contribution < 1.29 is 24.5 Å². The molecule has 0 radical (unpaired) electrons. The number of amides is 3. The summed E-state index contributed by atoms with van der Waals surface area (Å²) in [6, 6.07) is -0.422. The number of imide groups is 1. The molecule has 0 bridgehead atoms. The topological polar surface area (TPSA) is 90.3 Å². The normalized spacial score (nSPS) is 37.6. The Hall–Kier alpha value is -1.18. The molecule has 2 heterocycles. The van der Waals surface area contributed by atoms with E-state index in [1.54, 1.807) is 6.92 Å². The summed E-state index contributed by atoms with van der Waals surface area (Å²) >= 11 is 0. The Morgan fingerprint density at radius 3 is 2.67 bits per heavy atom. The lowest BCUT2D eigenvalue weighted by molar-refractivity contribution is -0.138. The molecule has 0 aromatic rings. The van der Waals surface area contributed by atoms with E-state index < -0.39 is 24.5 Å². The minimum atomic E-state index is -0.786. The van der Waals surface area contributed by atoms with Gasteiger partial charge in [-0.05, 0) is 0 Å². The second-order valence-electron chi connectivity index (χ2n) is 4.85. The highest BCUT2D eigenvalue weighted by Gasteiger charge is 2.43. The number of aliphatic hydroxyl groups is 2. The van der Waals surface area contributed by atoms with Crippen LogP contribution in [-0.2, 0) is 9.53 Å². The minimum absolute atomic E-state index is 0.214. The predicted octanol–water partition coefficient (Wildman–Crippen LogP) is -1.02. The quantitative estimate of drug-likeness (QED) is 0.662. The summed E-state index contributed by atoms with van der Waals surface area (Å²) in [7, 11) is 1.43. The van der Waals surface area contributed by atoms with Gasteiger partial charge < -0.3 is 14.9 Å². The number of aliphatic hydroxyl groups excluding tert-OH is 2. The molecule has 2 saturated heterocycles. The summed E-state index contributed by atoms with van der Waals surface area (Å²) in [4.78, 5) is 26.1. The van der Waals surface area contributed by atoms with Gasteiger partial charge in [-0.25, -0.2) is 4.79 Å². The van der Waals surface area contributed by atoms with E-state index in [2.05, 4.69) is 0 Å². The molecule has 0 aromatic carbocycles. The van der Waals surface area contributed by atoms with Crippen molar-refractivity contribution in [2.45, 2.75) is 31.8 Å². The Balaban J connectivity index is 2.10. The first-order valence-corrected chi connectivity index (χ1v) is 5.98. The molecule has 0 aromatic heterocycles. The van der Waals surface area contributed by atoms with E-state index in [0.717, 1.165) is 4.90 Å². The van der Waals surface area contributed by atoms with Gasteiger partial charge in [0.1, 0.15) is 12.3 Å². The number of carbonyl (C=O) groups is 2. The summed E-state index contributed by atoms with van der Waals surface area (Å²) in [6.07, 6.45) is -1.78. The Morgan fingerprint density at radius 1 is 1.44 bits per heavy atom. The molecule has 18 heavy (non-hydrogen) atoms. The maximum atomic E-state index is 12.0. The average molecular weight is 258 g/mol. The summed E-state index contributed by atoms with van der Waals surface area (Å²) < 4.78 is 5.43. The lowest BCUT2D eigenvalue weighted by Gasteiger charge is -2.38. The maximum absolute atomic E-state index is 12.0. The van der Waals surface area contributed by atoms with E-state index in [1.807, 2.05) is 0 Å². The summed E-state index contributed by atoms with van der Waals surface area (Å²) in [5.74, 6) is -0.505. The van der Waals surface area contributed by atoms with Crippen LogP contribution in [0.15, 0.2) is 0 Å². The predicted molar refractivity (Wildman–Crippen MR) is 60.4 cm³/mol. The average Bonchev–Trinajstić information content (AvgIpc) is 2.72. The Labute approximate surface area is 105 Å². The summed E-state index contributed by atoms with van der Waals surface area (Å²) in [5, 5.41) is 18.7. The van der Waals surface area contributed by atoms with Gasteiger partial charge in [0.2, 0.25) is 5.91 Å². The van der Waals surface area contributed by atoms with Crippen LogP contribution < -0.4 is 0 Å². The van der Waals surface area contributed by atoms with E-state index in [1.165, 1.54) is 11.9 Å². The first-order valence-electron chi connectivity index (χ1n) is 5.98. The van der Waals surface area contributed by atoms with Crippen LogP contribution in [0.1, 0.15) is 13.3 Å². The van der Waals surface area contributed by atoms with Gasteiger partial charge in [-0.15, -0.1) is 0 Å². The first kappa shape index (κ1) is 13.3. The number of hydrogen-bond donors (Lipinski definition) is 2. The standard InChI is InChI=1S/C11H18N2O5/c1-6-4-13(11(17)12(2)10(6)16)9-3-7(15)8(5-14)18-9/h6-9,14-15H,3-5H2,1-2H3/t6?,7?,8?,9-/m1/s1. The molecule has 4 atom stereocenters. The monoisotopic (exact) mass is 258 g/mol. The van der Waals surface area contributed by atoms with Crippen LogP contribution in [0.5, 0.6) is 0 Å². The van der Waals surface area contributed by atoms with E-state index >= 15 is 0 Å². The fourth-order valence-electron chi connectivity index (χ4n) is 2.38. The highest BCUT2D eigenvalue weighted by Crippen LogP contribution is 2.27. The molecule has 102 valence electrons. The Morgan fingerprint density at radius 2 is 2.11 bits per heavy atom. The number of ether oxygens (including phenoxy) is 1. The van der Waals surface area contributed by atoms with Crippen molar-refractivity contribution in [2.24, 2.45) is 5.92 Å². The van der Waals surface area contributed by atoms with Gasteiger partial charge in [-0.2, -0.15) is 0 Å². The van der Waals surface area contributed by atoms with Crippen LogP contribution in [0, 0.1) is 5.92 Å². The van der Waals surface area contributed by atoms with Gasteiger partial charge in [0.05, 0.1) is 18.6 Å². The van der Waals surface area contributed by atoms with Crippen molar-refractivity contribution in [1.29, 1.82) is 0 Å². The summed E-state index contributed by atoms with van der Waals surface area (Å²) in [6.45, 7) is 1.73. The highest BCUT2D eigenvalue weighted by molar-refractivity contribution is 5.97. The minimum Gasteiger partial charge on any atom is -0.394 e. The van der Waals surface area contributed by atoms with Gasteiger partial charge in [-0.3, -0.25) is 14.6 Å². The van der Waals surface area contributed by atoms with E-state index in [9.17, 15) is 14.7 Å². The third kappa shape index (κ3) is 2.09. The molecule has 2 aliphatic heterocycles. The molecule has 7 heteroatoms. The van der Waals surface area contributed by atoms with Crippen LogP contribution in [0.4, 0.5) is 4.79 Å². The van der Waals surface area contributed by atoms with Gasteiger partial charge in [0, 0.05) is 20.0 Å². The number of hydrogen-bond acceptors (Lipinski definition) is 5. The van der Waals surface area contributed by atoms with Crippen LogP contribution in [0.25, 0.3) is 0 Å². The zero-order chi connectivity index (χ0) is 13.4. The van der Waals surface area contributed by atoms with Crippen molar-refractivity contribution in [3.8, 4) is 0 Å². The lowest BCUT2D eigenvalue weighted by Crippen LogP contribution is -2.57. The smallest absolute Gasteiger partial charge is 0.328 e. The molecular weight excluding hydrogens is 240 g/mol. The molecule has 3 amide bonds. The van der Waals surface area contributed by atoms with E-state index in [-0.39, 0.29) is 31.4 Å². The largest absolute Gasteiger partial charge is 0.394 e. The van der Waals surface area contributed by atoms with Gasteiger partial charge in [-0.1, -0.05) is 6.92 Å². The Bertz CT molecular complexity index is 361. The van der Waals surface area contributed by atoms with Gasteiger partial charge in [0.15, 0.2) is 0 Å². The molecule has 2 N–H and O–H groups in total. The molecule has 2 aliphatic rings. The highest BCUT2D eigenvalue weighted by atomic mass is 16.5. The molecule has 0 aliphatic carbocycles. The van der Waals surface area contributed by atoms with Crippen LogP contribution in [0.3, 0.4) is 0 Å². The maximum Gasteiger partial charge on any atom is 0.328 e. The van der Waals surface area contributed by atoms with Gasteiger partial charge in [0.25, 0.3) is 0 Å². The fourth-order valence-corrected chi connectivity index (χ4v) is 2.38. The number of rotatable bonds is 2. The zero-order valence-electron chi connectivity index (χ0n) is 10.4. The molecule has 3 unspecified atom stereocenters. The Kier molecular flexibility index (Phi) is 3.56. The molecule has 2 fully saturated rings. The lowest BCUT2D eigenvalue weighted by atomic mass is 10.1. The van der Waals surface area contributed by atoms with Crippen molar-refractivity contribution in [2.75, 3.05) is 20.2 Å². The SMILES string of the molecule is CC1CN([C@H]2CC(O)C(CO)O2)C(=O)N(C)C1=O. The van der Waals surface area contributed by atoms with Crippen LogP contribution in [-0.4, -0.2) is 70.6 Å². The molecule has 0 spiro atoms. The van der Waals surface area contributed by atoms with Crippen LogP contribution >= 0.6 is 0 Å². The molecular formula is C11H18N2O5. The second kappa shape index (κ2) is 4.83. The number of nitrogens with zero attached hydrogens (tertiary/aromatic N) is 2. The summed E-state index contributed by atoms with van der Waals surface area (Å²) in [5.41, 5.74) is 0. The van der Waals surface area contributed by atoms with Crippen molar-refractivity contribution in [1.82, 2.24) is 9.80 Å². The third-order valence-electron chi connectivity index (χ3n) is 3.49. The van der Waals surface area contributed by atoms with E-state index in [0.29, 0.717) is 0 Å². The molecule has 0 saturated carbocycles. The van der Waals surface area contributed by atoms with Crippen molar-refractivity contribution in [3.05, 3.63) is 0 Å². The van der Waals surface area contributed by atoms with Crippen molar-refractivity contribution in [3.63, 3.8) is 0 Å². The third-order valence-corrected chi connectivity index (χ3v) is 3.49. The zero-order valence-corrected chi connectivity index (χ0v) is 10.4. The molecule has 2 rings (SSSR count). The first-order chi connectivity index (χ1) is 8.45. The number of carbonyl (C=O) groups excluding carboxylic acids is 2.